The highest BCUT2D eigenvalue weighted by atomic mass is 16.3. The van der Waals surface area contributed by atoms with Crippen LogP contribution in [-0.2, 0) is 0 Å². The van der Waals surface area contributed by atoms with Gasteiger partial charge in [0.25, 0.3) is 0 Å². The highest BCUT2D eigenvalue weighted by Gasteiger charge is 2.16. The molecule has 0 radical (unpaired) electrons. The van der Waals surface area contributed by atoms with Gasteiger partial charge in [-0.05, 0) is 60.5 Å². The van der Waals surface area contributed by atoms with Crippen LogP contribution in [0.15, 0.2) is 89.7 Å². The number of fused-ring (bicyclic) bond motifs is 4. The summed E-state index contributed by atoms with van der Waals surface area (Å²) in [7, 11) is 0. The van der Waals surface area contributed by atoms with E-state index in [4.69, 9.17) is 14.4 Å². The quantitative estimate of drug-likeness (QED) is 0.302. The first-order valence-corrected chi connectivity index (χ1v) is 10.4. The van der Waals surface area contributed by atoms with Crippen molar-refractivity contribution >= 4 is 32.6 Å². The second-order valence-electron chi connectivity index (χ2n) is 8.08. The molecule has 0 aliphatic carbocycles. The van der Waals surface area contributed by atoms with Crippen LogP contribution >= 0.6 is 0 Å². The summed E-state index contributed by atoms with van der Waals surface area (Å²) >= 11 is 0. The number of hydrogen-bond acceptors (Lipinski definition) is 3. The summed E-state index contributed by atoms with van der Waals surface area (Å²) in [6, 6.07) is 25.6. The van der Waals surface area contributed by atoms with E-state index in [-0.39, 0.29) is 0 Å². The van der Waals surface area contributed by atoms with Gasteiger partial charge in [0.2, 0.25) is 0 Å². The fourth-order valence-electron chi connectivity index (χ4n) is 4.39. The van der Waals surface area contributed by atoms with Crippen molar-refractivity contribution in [3.63, 3.8) is 0 Å². The average molecular weight is 400 g/mol. The Morgan fingerprint density at radius 1 is 0.742 bits per heavy atom. The minimum absolute atomic E-state index is 0.820. The summed E-state index contributed by atoms with van der Waals surface area (Å²) in [5.74, 6) is 0. The average Bonchev–Trinajstić information content (AvgIpc) is 3.27. The molecule has 3 heterocycles. The largest absolute Gasteiger partial charge is 0.462 e. The van der Waals surface area contributed by atoms with Gasteiger partial charge in [-0.1, -0.05) is 48.0 Å². The molecule has 6 aromatic rings. The summed E-state index contributed by atoms with van der Waals surface area (Å²) < 4.78 is 5.77. The Labute approximate surface area is 180 Å². The number of rotatable bonds is 2. The summed E-state index contributed by atoms with van der Waals surface area (Å²) in [5.41, 5.74) is 8.21. The first kappa shape index (κ1) is 17.8. The van der Waals surface area contributed by atoms with Gasteiger partial charge in [0.1, 0.15) is 5.52 Å². The van der Waals surface area contributed by atoms with Gasteiger partial charge in [-0.15, -0.1) is 0 Å². The lowest BCUT2D eigenvalue weighted by Crippen LogP contribution is -1.93. The van der Waals surface area contributed by atoms with Crippen LogP contribution in [0, 0.1) is 13.8 Å². The molecule has 0 aliphatic heterocycles. The molecule has 0 unspecified atom stereocenters. The number of benzene rings is 3. The molecule has 3 heteroatoms. The molecule has 0 aliphatic rings. The van der Waals surface area contributed by atoms with E-state index in [0.717, 1.165) is 50.0 Å². The first-order chi connectivity index (χ1) is 15.2. The van der Waals surface area contributed by atoms with Crippen LogP contribution in [0.25, 0.3) is 55.0 Å². The molecule has 31 heavy (non-hydrogen) atoms. The normalized spacial score (nSPS) is 11.5. The number of nitrogens with zero attached hydrogens (tertiary/aromatic N) is 2. The minimum Gasteiger partial charge on any atom is -0.462 e. The maximum absolute atomic E-state index is 5.77. The van der Waals surface area contributed by atoms with Gasteiger partial charge in [-0.25, -0.2) is 4.98 Å². The van der Waals surface area contributed by atoms with Gasteiger partial charge in [0.05, 0.1) is 12.0 Å². The van der Waals surface area contributed by atoms with Crippen molar-refractivity contribution < 1.29 is 4.42 Å². The molecule has 148 valence electrons. The van der Waals surface area contributed by atoms with Crippen LogP contribution in [0.2, 0.25) is 0 Å². The zero-order valence-corrected chi connectivity index (χ0v) is 17.4. The third-order valence-corrected chi connectivity index (χ3v) is 5.90. The summed E-state index contributed by atoms with van der Waals surface area (Å²) in [5, 5.41) is 4.56. The Hall–Kier alpha value is -3.98. The van der Waals surface area contributed by atoms with Crippen molar-refractivity contribution in [1.82, 2.24) is 9.97 Å². The first-order valence-electron chi connectivity index (χ1n) is 10.4. The van der Waals surface area contributed by atoms with Crippen LogP contribution in [0.3, 0.4) is 0 Å². The number of furan rings is 1. The molecule has 0 fully saturated rings. The highest BCUT2D eigenvalue weighted by Crippen LogP contribution is 2.38. The van der Waals surface area contributed by atoms with Crippen LogP contribution in [0.5, 0.6) is 0 Å². The van der Waals surface area contributed by atoms with Gasteiger partial charge >= 0.3 is 0 Å². The topological polar surface area (TPSA) is 38.9 Å². The Kier molecular flexibility index (Phi) is 3.90. The molecule has 0 amide bonds. The Balaban J connectivity index is 1.64. The van der Waals surface area contributed by atoms with Crippen molar-refractivity contribution in [3.8, 4) is 22.4 Å². The third-order valence-electron chi connectivity index (χ3n) is 5.90. The standard InChI is InChI=1S/C28H20N2O/c1-17-5-7-20-15-21(9-8-19(20)14-17)23-4-3-12-29-26(23)25-16-22-11-13-31-28(22)27-24(25)10-6-18(2)30-27/h3-16H,1-2H3. The van der Waals surface area contributed by atoms with Gasteiger partial charge in [0.15, 0.2) is 5.58 Å². The summed E-state index contributed by atoms with van der Waals surface area (Å²) in [6.07, 6.45) is 3.58. The van der Waals surface area contributed by atoms with E-state index in [1.165, 1.54) is 16.3 Å². The summed E-state index contributed by atoms with van der Waals surface area (Å²) in [6.45, 7) is 4.13. The molecule has 0 saturated carbocycles. The van der Waals surface area contributed by atoms with E-state index in [2.05, 4.69) is 61.5 Å². The maximum atomic E-state index is 5.77. The molecule has 3 aromatic heterocycles. The van der Waals surface area contributed by atoms with E-state index >= 15 is 0 Å². The Bertz CT molecular complexity index is 1610. The fourth-order valence-corrected chi connectivity index (χ4v) is 4.39. The minimum atomic E-state index is 0.820. The van der Waals surface area contributed by atoms with Gasteiger partial charge in [-0.2, -0.15) is 0 Å². The lowest BCUT2D eigenvalue weighted by Gasteiger charge is -2.13. The molecule has 6 rings (SSSR count). The maximum Gasteiger partial charge on any atom is 0.160 e. The Morgan fingerprint density at radius 2 is 1.61 bits per heavy atom. The fraction of sp³-hybridized carbons (Fsp3) is 0.0714. The molecular formula is C28H20N2O. The van der Waals surface area contributed by atoms with Gasteiger partial charge in [0, 0.05) is 33.8 Å². The van der Waals surface area contributed by atoms with E-state index in [0.29, 0.717) is 0 Å². The molecule has 0 spiro atoms. The molecule has 0 atom stereocenters. The molecular weight excluding hydrogens is 380 g/mol. The van der Waals surface area contributed by atoms with Gasteiger partial charge in [-0.3, -0.25) is 4.98 Å². The van der Waals surface area contributed by atoms with Crippen LogP contribution in [-0.4, -0.2) is 9.97 Å². The van der Waals surface area contributed by atoms with Crippen LogP contribution in [0.1, 0.15) is 11.3 Å². The van der Waals surface area contributed by atoms with Crippen LogP contribution in [0.4, 0.5) is 0 Å². The third kappa shape index (κ3) is 2.89. The van der Waals surface area contributed by atoms with Crippen molar-refractivity contribution in [3.05, 3.63) is 96.5 Å². The second-order valence-corrected chi connectivity index (χ2v) is 8.08. The van der Waals surface area contributed by atoms with E-state index in [1.54, 1.807) is 6.26 Å². The van der Waals surface area contributed by atoms with E-state index in [1.807, 2.05) is 31.3 Å². The second kappa shape index (κ2) is 6.78. The van der Waals surface area contributed by atoms with Crippen molar-refractivity contribution in [2.75, 3.05) is 0 Å². The predicted molar refractivity (Wildman–Crippen MR) is 127 cm³/mol. The van der Waals surface area contributed by atoms with Crippen molar-refractivity contribution in [1.29, 1.82) is 0 Å². The van der Waals surface area contributed by atoms with Crippen molar-refractivity contribution in [2.24, 2.45) is 0 Å². The predicted octanol–water partition coefficient (Wildman–Crippen LogP) is 7.48. The molecule has 3 nitrogen and oxygen atoms in total. The number of aryl methyl sites for hydroxylation is 2. The SMILES string of the molecule is Cc1ccc2cc(-c3cccnc3-c3cc4ccoc4c4nc(C)ccc34)ccc2c1. The highest BCUT2D eigenvalue weighted by molar-refractivity contribution is 6.10. The van der Waals surface area contributed by atoms with Gasteiger partial charge < -0.3 is 4.42 Å². The molecule has 0 N–H and O–H groups in total. The monoisotopic (exact) mass is 400 g/mol. The molecule has 3 aromatic carbocycles. The summed E-state index contributed by atoms with van der Waals surface area (Å²) in [4.78, 5) is 9.62. The zero-order chi connectivity index (χ0) is 20.9. The zero-order valence-electron chi connectivity index (χ0n) is 17.4. The molecule has 0 bridgehead atoms. The van der Waals surface area contributed by atoms with Crippen molar-refractivity contribution in [2.45, 2.75) is 13.8 Å². The lowest BCUT2D eigenvalue weighted by molar-refractivity contribution is 0.618. The lowest BCUT2D eigenvalue weighted by atomic mass is 9.94. The number of pyridine rings is 2. The Morgan fingerprint density at radius 3 is 2.55 bits per heavy atom. The number of hydrogen-bond donors (Lipinski definition) is 0. The smallest absolute Gasteiger partial charge is 0.160 e. The number of aromatic nitrogens is 2. The molecule has 0 saturated heterocycles. The van der Waals surface area contributed by atoms with E-state index in [9.17, 15) is 0 Å². The van der Waals surface area contributed by atoms with Crippen LogP contribution < -0.4 is 0 Å². The van der Waals surface area contributed by atoms with E-state index < -0.39 is 0 Å².